The van der Waals surface area contributed by atoms with E-state index in [1.54, 1.807) is 0 Å². The maximum absolute atomic E-state index is 11.0. The van der Waals surface area contributed by atoms with Gasteiger partial charge in [0.25, 0.3) is 0 Å². The molecule has 0 spiro atoms. The summed E-state index contributed by atoms with van der Waals surface area (Å²) in [4.78, 5) is 11.0. The van der Waals surface area contributed by atoms with E-state index < -0.39 is 0 Å². The number of hydrogen-bond donors (Lipinski definition) is 0. The summed E-state index contributed by atoms with van der Waals surface area (Å²) in [5.41, 5.74) is 0. The summed E-state index contributed by atoms with van der Waals surface area (Å²) < 4.78 is 0. The van der Waals surface area contributed by atoms with Crippen molar-refractivity contribution in [1.29, 1.82) is 0 Å². The van der Waals surface area contributed by atoms with Crippen LogP contribution in [0, 0.1) is 17.8 Å². The lowest BCUT2D eigenvalue weighted by molar-refractivity contribution is -0.120. The third kappa shape index (κ3) is 1.00. The number of Topliss-reactive ketones (excluding diaryl/α,β-unsaturated/α-hetero) is 1. The van der Waals surface area contributed by atoms with Crippen molar-refractivity contribution >= 4 is 5.78 Å². The molecular formula is C8H14O. The zero-order chi connectivity index (χ0) is 7.02. The van der Waals surface area contributed by atoms with Crippen LogP contribution < -0.4 is 0 Å². The van der Waals surface area contributed by atoms with Gasteiger partial charge >= 0.3 is 0 Å². The minimum absolute atomic E-state index is 0.319. The van der Waals surface area contributed by atoms with E-state index in [1.165, 1.54) is 0 Å². The molecule has 0 aliphatic heterocycles. The molecule has 1 aliphatic rings. The molecule has 0 heterocycles. The average molecular weight is 126 g/mol. The Labute approximate surface area is 56.4 Å². The Kier molecular flexibility index (Phi) is 1.60. The molecule has 0 aromatic carbocycles. The Hall–Kier alpha value is -0.330. The van der Waals surface area contributed by atoms with Crippen LogP contribution in [-0.2, 0) is 4.79 Å². The van der Waals surface area contributed by atoms with Crippen LogP contribution in [0.5, 0.6) is 0 Å². The summed E-state index contributed by atoms with van der Waals surface area (Å²) >= 11 is 0. The van der Waals surface area contributed by atoms with E-state index >= 15 is 0 Å². The van der Waals surface area contributed by atoms with Crippen molar-refractivity contribution in [2.75, 3.05) is 0 Å². The summed E-state index contributed by atoms with van der Waals surface area (Å²) in [6, 6.07) is 0. The van der Waals surface area contributed by atoms with Gasteiger partial charge in [0.1, 0.15) is 5.78 Å². The van der Waals surface area contributed by atoms with Crippen molar-refractivity contribution in [3.8, 4) is 0 Å². The van der Waals surface area contributed by atoms with E-state index in [9.17, 15) is 4.79 Å². The predicted octanol–water partition coefficient (Wildman–Crippen LogP) is 1.87. The highest BCUT2D eigenvalue weighted by molar-refractivity contribution is 5.83. The van der Waals surface area contributed by atoms with Crippen molar-refractivity contribution < 1.29 is 4.79 Å². The molecule has 1 saturated carbocycles. The summed E-state index contributed by atoms with van der Waals surface area (Å²) in [7, 11) is 0. The van der Waals surface area contributed by atoms with Crippen molar-refractivity contribution in [2.24, 2.45) is 17.8 Å². The van der Waals surface area contributed by atoms with Gasteiger partial charge in [0.15, 0.2) is 0 Å². The fraction of sp³-hybridized carbons (Fsp3) is 0.875. The molecule has 0 saturated heterocycles. The second kappa shape index (κ2) is 2.13. The molecule has 1 aliphatic carbocycles. The summed E-state index contributed by atoms with van der Waals surface area (Å²) in [5, 5.41) is 0. The fourth-order valence-corrected chi connectivity index (χ4v) is 1.48. The summed E-state index contributed by atoms with van der Waals surface area (Å²) in [5.74, 6) is 2.00. The topological polar surface area (TPSA) is 17.1 Å². The van der Waals surface area contributed by atoms with E-state index in [-0.39, 0.29) is 0 Å². The highest BCUT2D eigenvalue weighted by Gasteiger charge is 2.33. The summed E-state index contributed by atoms with van der Waals surface area (Å²) in [6.45, 7) is 6.36. The zero-order valence-electron chi connectivity index (χ0n) is 6.35. The maximum atomic E-state index is 11.0. The molecule has 1 fully saturated rings. The normalized spacial score (nSPS) is 43.9. The van der Waals surface area contributed by atoms with Crippen molar-refractivity contribution in [2.45, 2.75) is 27.2 Å². The quantitative estimate of drug-likeness (QED) is 0.484. The standard InChI is InChI=1S/C8H14O/c1-5-4-8(9)7(3)6(5)2/h5-7H,4H2,1-3H3/t5-,6+,7-/m1/s1. The van der Waals surface area contributed by atoms with Gasteiger partial charge < -0.3 is 0 Å². The maximum Gasteiger partial charge on any atom is 0.136 e. The zero-order valence-corrected chi connectivity index (χ0v) is 6.35. The fourth-order valence-electron chi connectivity index (χ4n) is 1.48. The van der Waals surface area contributed by atoms with Crippen LogP contribution in [0.4, 0.5) is 0 Å². The lowest BCUT2D eigenvalue weighted by Crippen LogP contribution is -2.08. The van der Waals surface area contributed by atoms with E-state index in [2.05, 4.69) is 13.8 Å². The number of hydrogen-bond acceptors (Lipinski definition) is 1. The van der Waals surface area contributed by atoms with Crippen LogP contribution >= 0.6 is 0 Å². The first-order valence-corrected chi connectivity index (χ1v) is 3.65. The molecule has 0 aromatic heterocycles. The Morgan fingerprint density at radius 1 is 1.33 bits per heavy atom. The lowest BCUT2D eigenvalue weighted by Gasteiger charge is -2.10. The second-order valence-corrected chi connectivity index (χ2v) is 3.30. The Morgan fingerprint density at radius 2 is 1.89 bits per heavy atom. The Balaban J connectivity index is 2.65. The van der Waals surface area contributed by atoms with Crippen molar-refractivity contribution in [1.82, 2.24) is 0 Å². The minimum atomic E-state index is 0.319. The van der Waals surface area contributed by atoms with Gasteiger partial charge in [-0.05, 0) is 11.8 Å². The smallest absolute Gasteiger partial charge is 0.136 e. The first-order chi connectivity index (χ1) is 4.13. The Morgan fingerprint density at radius 3 is 2.00 bits per heavy atom. The molecular weight excluding hydrogens is 112 g/mol. The van der Waals surface area contributed by atoms with E-state index in [4.69, 9.17) is 0 Å². The van der Waals surface area contributed by atoms with E-state index in [0.29, 0.717) is 23.5 Å². The minimum Gasteiger partial charge on any atom is -0.299 e. The predicted molar refractivity (Wildman–Crippen MR) is 37.1 cm³/mol. The molecule has 0 bridgehead atoms. The van der Waals surface area contributed by atoms with Gasteiger partial charge in [-0.25, -0.2) is 0 Å². The van der Waals surface area contributed by atoms with Gasteiger partial charge in [0.2, 0.25) is 0 Å². The van der Waals surface area contributed by atoms with E-state index in [1.807, 2.05) is 6.92 Å². The highest BCUT2D eigenvalue weighted by atomic mass is 16.1. The molecule has 0 unspecified atom stereocenters. The second-order valence-electron chi connectivity index (χ2n) is 3.30. The van der Waals surface area contributed by atoms with Crippen LogP contribution in [0.1, 0.15) is 27.2 Å². The van der Waals surface area contributed by atoms with Crippen molar-refractivity contribution in [3.05, 3.63) is 0 Å². The van der Waals surface area contributed by atoms with Gasteiger partial charge in [-0.1, -0.05) is 20.8 Å². The van der Waals surface area contributed by atoms with E-state index in [0.717, 1.165) is 6.42 Å². The highest BCUT2D eigenvalue weighted by Crippen LogP contribution is 2.32. The molecule has 0 aromatic rings. The molecule has 3 atom stereocenters. The molecule has 0 N–H and O–H groups in total. The number of carbonyl (C=O) groups is 1. The average Bonchev–Trinajstić information content (AvgIpc) is 1.98. The molecule has 1 heteroatoms. The Bertz CT molecular complexity index is 129. The SMILES string of the molecule is C[C@H]1[C@H](C)CC(=O)[C@@H]1C. The third-order valence-electron chi connectivity index (χ3n) is 2.72. The molecule has 1 rings (SSSR count). The molecule has 52 valence electrons. The summed E-state index contributed by atoms with van der Waals surface area (Å²) in [6.07, 6.45) is 0.808. The van der Waals surface area contributed by atoms with Crippen LogP contribution in [0.25, 0.3) is 0 Å². The number of ketones is 1. The molecule has 0 radical (unpaired) electrons. The van der Waals surface area contributed by atoms with Crippen LogP contribution in [0.2, 0.25) is 0 Å². The molecule has 0 amide bonds. The van der Waals surface area contributed by atoms with Gasteiger partial charge in [-0.2, -0.15) is 0 Å². The number of rotatable bonds is 0. The first kappa shape index (κ1) is 6.79. The monoisotopic (exact) mass is 126 g/mol. The lowest BCUT2D eigenvalue weighted by atomic mass is 9.94. The van der Waals surface area contributed by atoms with Gasteiger partial charge in [-0.15, -0.1) is 0 Å². The van der Waals surface area contributed by atoms with Gasteiger partial charge in [0, 0.05) is 12.3 Å². The van der Waals surface area contributed by atoms with Gasteiger partial charge in [-0.3, -0.25) is 4.79 Å². The largest absolute Gasteiger partial charge is 0.299 e. The third-order valence-corrected chi connectivity index (χ3v) is 2.72. The van der Waals surface area contributed by atoms with Crippen molar-refractivity contribution in [3.63, 3.8) is 0 Å². The first-order valence-electron chi connectivity index (χ1n) is 3.65. The van der Waals surface area contributed by atoms with Crippen LogP contribution in [-0.4, -0.2) is 5.78 Å². The van der Waals surface area contributed by atoms with Crippen LogP contribution in [0.15, 0.2) is 0 Å². The molecule has 9 heavy (non-hydrogen) atoms. The van der Waals surface area contributed by atoms with Crippen LogP contribution in [0.3, 0.4) is 0 Å². The van der Waals surface area contributed by atoms with Gasteiger partial charge in [0.05, 0.1) is 0 Å². The number of carbonyl (C=O) groups excluding carboxylic acids is 1. The molecule has 1 nitrogen and oxygen atoms in total.